The molecular weight excluding hydrogens is 203 g/mol. The number of allylic oxidation sites excluding steroid dienone is 3. The van der Waals surface area contributed by atoms with Crippen molar-refractivity contribution in [1.29, 1.82) is 0 Å². The minimum Gasteiger partial charge on any atom is -0.265 e. The fraction of sp³-hybridized carbons (Fsp3) is 0.545. The Morgan fingerprint density at radius 2 is 2.07 bits per heavy atom. The molecule has 1 rings (SSSR count). The fourth-order valence-electron chi connectivity index (χ4n) is 1.79. The van der Waals surface area contributed by atoms with Crippen molar-refractivity contribution < 1.29 is 13.2 Å². The van der Waals surface area contributed by atoms with E-state index in [1.54, 1.807) is 19.9 Å². The summed E-state index contributed by atoms with van der Waals surface area (Å²) in [6.45, 7) is 6.92. The molecule has 1 unspecified atom stereocenters. The summed E-state index contributed by atoms with van der Waals surface area (Å²) in [5.74, 6) is -0.435. The highest BCUT2D eigenvalue weighted by atomic mass is 19.4. The molecule has 0 saturated carbocycles. The topological polar surface area (TPSA) is 12.4 Å². The van der Waals surface area contributed by atoms with Gasteiger partial charge in [0.1, 0.15) is 0 Å². The van der Waals surface area contributed by atoms with Crippen LogP contribution in [-0.2, 0) is 0 Å². The zero-order chi connectivity index (χ0) is 11.6. The van der Waals surface area contributed by atoms with Crippen molar-refractivity contribution in [2.24, 2.45) is 10.9 Å². The molecule has 0 fully saturated rings. The van der Waals surface area contributed by atoms with Crippen LogP contribution in [0.2, 0.25) is 0 Å². The first-order valence-electron chi connectivity index (χ1n) is 4.76. The van der Waals surface area contributed by atoms with E-state index in [-0.39, 0.29) is 0 Å². The second-order valence-corrected chi connectivity index (χ2v) is 3.81. The molecule has 4 heteroatoms. The van der Waals surface area contributed by atoms with Gasteiger partial charge in [0.05, 0.1) is 12.1 Å². The summed E-state index contributed by atoms with van der Waals surface area (Å²) in [5.41, 5.74) is 2.31. The highest BCUT2D eigenvalue weighted by Gasteiger charge is 2.33. The van der Waals surface area contributed by atoms with Crippen molar-refractivity contribution in [3.05, 3.63) is 22.9 Å². The molecule has 0 aromatic heterocycles. The van der Waals surface area contributed by atoms with Gasteiger partial charge in [0.25, 0.3) is 0 Å². The van der Waals surface area contributed by atoms with Gasteiger partial charge in [0.15, 0.2) is 0 Å². The first-order chi connectivity index (χ1) is 6.85. The Balaban J connectivity index is 2.84. The predicted octanol–water partition coefficient (Wildman–Crippen LogP) is 3.88. The number of hydrogen-bond acceptors (Lipinski definition) is 1. The van der Waals surface area contributed by atoms with E-state index in [1.165, 1.54) is 0 Å². The van der Waals surface area contributed by atoms with Crippen LogP contribution in [0.3, 0.4) is 0 Å². The summed E-state index contributed by atoms with van der Waals surface area (Å²) in [6, 6.07) is 0. The van der Waals surface area contributed by atoms with Crippen LogP contribution in [0.4, 0.5) is 13.2 Å². The monoisotopic (exact) mass is 217 g/mol. The fourth-order valence-corrected chi connectivity index (χ4v) is 1.79. The normalized spacial score (nSPS) is 22.7. The minimum absolute atomic E-state index is 0.400. The number of alkyl halides is 3. The van der Waals surface area contributed by atoms with Crippen LogP contribution in [0.5, 0.6) is 0 Å². The number of aliphatic imine (C=N–C) groups is 1. The maximum atomic E-state index is 12.2. The lowest BCUT2D eigenvalue weighted by Crippen LogP contribution is -2.18. The maximum Gasteiger partial charge on any atom is 0.389 e. The summed E-state index contributed by atoms with van der Waals surface area (Å²) in [4.78, 5) is 3.78. The average molecular weight is 217 g/mol. The second kappa shape index (κ2) is 4.21. The highest BCUT2D eigenvalue weighted by molar-refractivity contribution is 5.42. The highest BCUT2D eigenvalue weighted by Crippen LogP contribution is 2.37. The molecule has 0 amide bonds. The van der Waals surface area contributed by atoms with Gasteiger partial charge in [-0.15, -0.1) is 0 Å². The van der Waals surface area contributed by atoms with E-state index < -0.39 is 18.5 Å². The molecule has 0 aromatic carbocycles. The molecule has 0 saturated heterocycles. The van der Waals surface area contributed by atoms with Crippen LogP contribution < -0.4 is 0 Å². The Morgan fingerprint density at radius 3 is 2.53 bits per heavy atom. The zero-order valence-electron chi connectivity index (χ0n) is 8.86. The molecule has 1 aliphatic carbocycles. The minimum atomic E-state index is -4.10. The molecule has 84 valence electrons. The first kappa shape index (κ1) is 12.0. The number of rotatable bonds is 2. The van der Waals surface area contributed by atoms with Crippen molar-refractivity contribution in [3.8, 4) is 0 Å². The molecule has 0 radical (unpaired) electrons. The molecule has 0 bridgehead atoms. The van der Waals surface area contributed by atoms with E-state index in [9.17, 15) is 13.2 Å². The van der Waals surface area contributed by atoms with Crippen LogP contribution in [0.15, 0.2) is 27.9 Å². The SMILES string of the molecule is C=NC1=CCC(CC(F)(F)F)C(C)=C1C. The van der Waals surface area contributed by atoms with Crippen LogP contribution in [0, 0.1) is 5.92 Å². The molecule has 1 nitrogen and oxygen atoms in total. The van der Waals surface area contributed by atoms with E-state index in [0.29, 0.717) is 12.1 Å². The average Bonchev–Trinajstić information content (AvgIpc) is 2.11. The van der Waals surface area contributed by atoms with Gasteiger partial charge >= 0.3 is 6.18 Å². The molecular formula is C11H14F3N. The van der Waals surface area contributed by atoms with Gasteiger partial charge in [-0.1, -0.05) is 11.6 Å². The molecule has 0 aromatic rings. The summed E-state index contributed by atoms with van der Waals surface area (Å²) in [5, 5.41) is 0. The van der Waals surface area contributed by atoms with Crippen molar-refractivity contribution in [2.75, 3.05) is 0 Å². The third-order valence-corrected chi connectivity index (χ3v) is 2.83. The van der Waals surface area contributed by atoms with Gasteiger partial charge in [0.2, 0.25) is 0 Å². The lowest BCUT2D eigenvalue weighted by atomic mass is 9.84. The molecule has 15 heavy (non-hydrogen) atoms. The summed E-state index contributed by atoms with van der Waals surface area (Å²) in [6.07, 6.45) is -2.72. The van der Waals surface area contributed by atoms with Crippen LogP contribution in [-0.4, -0.2) is 12.9 Å². The second-order valence-electron chi connectivity index (χ2n) is 3.81. The maximum absolute atomic E-state index is 12.2. The summed E-state index contributed by atoms with van der Waals surface area (Å²) < 4.78 is 36.7. The smallest absolute Gasteiger partial charge is 0.265 e. The van der Waals surface area contributed by atoms with E-state index in [1.807, 2.05) is 0 Å². The Hall–Kier alpha value is -1.06. The third-order valence-electron chi connectivity index (χ3n) is 2.83. The molecule has 1 aliphatic rings. The Kier molecular flexibility index (Phi) is 3.37. The molecule has 1 atom stereocenters. The van der Waals surface area contributed by atoms with Crippen LogP contribution >= 0.6 is 0 Å². The van der Waals surface area contributed by atoms with Crippen molar-refractivity contribution in [3.63, 3.8) is 0 Å². The molecule has 0 spiro atoms. The van der Waals surface area contributed by atoms with Crippen molar-refractivity contribution in [2.45, 2.75) is 32.9 Å². The van der Waals surface area contributed by atoms with Crippen LogP contribution in [0.1, 0.15) is 26.7 Å². The summed E-state index contributed by atoms with van der Waals surface area (Å²) >= 11 is 0. The predicted molar refractivity (Wildman–Crippen MR) is 54.8 cm³/mol. The van der Waals surface area contributed by atoms with E-state index in [4.69, 9.17) is 0 Å². The Bertz CT molecular complexity index is 323. The van der Waals surface area contributed by atoms with E-state index in [2.05, 4.69) is 11.7 Å². The number of halogens is 3. The first-order valence-corrected chi connectivity index (χ1v) is 4.76. The van der Waals surface area contributed by atoms with Gasteiger partial charge in [-0.05, 0) is 38.5 Å². The molecule has 0 N–H and O–H groups in total. The molecule has 0 aliphatic heterocycles. The number of nitrogens with zero attached hydrogens (tertiary/aromatic N) is 1. The van der Waals surface area contributed by atoms with Gasteiger partial charge in [-0.2, -0.15) is 13.2 Å². The lowest BCUT2D eigenvalue weighted by molar-refractivity contribution is -0.141. The van der Waals surface area contributed by atoms with Gasteiger partial charge < -0.3 is 0 Å². The Labute approximate surface area is 87.4 Å². The lowest BCUT2D eigenvalue weighted by Gasteiger charge is -2.24. The Morgan fingerprint density at radius 1 is 1.47 bits per heavy atom. The molecule has 0 heterocycles. The van der Waals surface area contributed by atoms with E-state index >= 15 is 0 Å². The van der Waals surface area contributed by atoms with E-state index in [0.717, 1.165) is 11.1 Å². The quantitative estimate of drug-likeness (QED) is 0.622. The van der Waals surface area contributed by atoms with Crippen molar-refractivity contribution in [1.82, 2.24) is 0 Å². The van der Waals surface area contributed by atoms with Crippen LogP contribution in [0.25, 0.3) is 0 Å². The number of hydrogen-bond donors (Lipinski definition) is 0. The van der Waals surface area contributed by atoms with Gasteiger partial charge in [-0.25, -0.2) is 0 Å². The zero-order valence-corrected chi connectivity index (χ0v) is 8.86. The largest absolute Gasteiger partial charge is 0.389 e. The summed E-state index contributed by atoms with van der Waals surface area (Å²) in [7, 11) is 0. The van der Waals surface area contributed by atoms with Gasteiger partial charge in [0, 0.05) is 0 Å². The third kappa shape index (κ3) is 2.94. The van der Waals surface area contributed by atoms with Gasteiger partial charge in [-0.3, -0.25) is 4.99 Å². The standard InChI is InChI=1S/C11H14F3N/c1-7-8(2)10(15-3)5-4-9(7)6-11(12,13)14/h5,9H,3-4,6H2,1-2H3. The van der Waals surface area contributed by atoms with Crippen molar-refractivity contribution >= 4 is 6.72 Å².